The molecule has 3 aromatic heterocycles. The summed E-state index contributed by atoms with van der Waals surface area (Å²) in [7, 11) is 0. The molecule has 0 aliphatic carbocycles. The molecule has 4 rings (SSSR count). The highest BCUT2D eigenvalue weighted by atomic mass is 15.4. The number of hydrogen-bond donors (Lipinski definition) is 2. The van der Waals surface area contributed by atoms with E-state index in [-0.39, 0.29) is 0 Å². The van der Waals surface area contributed by atoms with E-state index in [1.54, 1.807) is 4.52 Å². The molecule has 1 aromatic carbocycles. The summed E-state index contributed by atoms with van der Waals surface area (Å²) in [5.74, 6) is 2.27. The second-order valence-electron chi connectivity index (χ2n) is 5.22. The molecule has 0 unspecified atom stereocenters. The average molecular weight is 305 g/mol. The van der Waals surface area contributed by atoms with Crippen LogP contribution in [0.2, 0.25) is 0 Å². The van der Waals surface area contributed by atoms with Gasteiger partial charge in [-0.15, -0.1) is 0 Å². The maximum atomic E-state index is 4.42. The summed E-state index contributed by atoms with van der Waals surface area (Å²) in [6.07, 6.45) is 3.34. The van der Waals surface area contributed by atoms with Crippen LogP contribution in [0.1, 0.15) is 11.5 Å². The Labute approximate surface area is 132 Å². The van der Waals surface area contributed by atoms with Crippen molar-refractivity contribution in [1.29, 1.82) is 0 Å². The number of hydrogen-bond acceptors (Lipinski definition) is 5. The van der Waals surface area contributed by atoms with Gasteiger partial charge in [-0.25, -0.2) is 9.97 Å². The van der Waals surface area contributed by atoms with Crippen molar-refractivity contribution in [3.8, 4) is 11.3 Å². The summed E-state index contributed by atoms with van der Waals surface area (Å²) in [4.78, 5) is 16.2. The molecule has 23 heavy (non-hydrogen) atoms. The molecule has 0 radical (unpaired) electrons. The van der Waals surface area contributed by atoms with E-state index in [2.05, 4.69) is 42.5 Å². The summed E-state index contributed by atoms with van der Waals surface area (Å²) in [5, 5.41) is 7.50. The van der Waals surface area contributed by atoms with E-state index in [4.69, 9.17) is 0 Å². The van der Waals surface area contributed by atoms with Crippen LogP contribution in [-0.2, 0) is 6.54 Å². The number of aromatic nitrogens is 6. The fraction of sp³-hybridized carbons (Fsp3) is 0.125. The molecule has 2 N–H and O–H groups in total. The van der Waals surface area contributed by atoms with E-state index in [9.17, 15) is 0 Å². The number of fused-ring (bicyclic) bond motifs is 1. The van der Waals surface area contributed by atoms with Crippen LogP contribution in [0.25, 0.3) is 17.0 Å². The van der Waals surface area contributed by atoms with Gasteiger partial charge >= 0.3 is 0 Å². The van der Waals surface area contributed by atoms with Crippen molar-refractivity contribution in [2.45, 2.75) is 13.5 Å². The minimum absolute atomic E-state index is 0.561. The molecule has 0 bridgehead atoms. The molecule has 7 nitrogen and oxygen atoms in total. The average Bonchev–Trinajstić information content (AvgIpc) is 3.22. The highest BCUT2D eigenvalue weighted by Crippen LogP contribution is 2.17. The SMILES string of the molecule is Cc1cc(NCc2ncc(-c3ccccc3)[nH]2)n2ncnc2n1. The Hall–Kier alpha value is -3.22. The van der Waals surface area contributed by atoms with Gasteiger partial charge in [0.15, 0.2) is 0 Å². The standard InChI is InChI=1S/C16H15N7/c1-11-7-15(23-16(21-11)19-10-20-23)18-9-14-17-8-13(22-14)12-5-3-2-4-6-12/h2-8,10,18H,9H2,1H3,(H,17,22). The topological polar surface area (TPSA) is 83.8 Å². The molecular formula is C16H15N7. The highest BCUT2D eigenvalue weighted by Gasteiger charge is 2.07. The lowest BCUT2D eigenvalue weighted by molar-refractivity contribution is 0.900. The summed E-state index contributed by atoms with van der Waals surface area (Å²) in [5.41, 5.74) is 3.00. The first-order valence-corrected chi connectivity index (χ1v) is 7.30. The zero-order chi connectivity index (χ0) is 15.6. The maximum Gasteiger partial charge on any atom is 0.254 e. The molecule has 0 fully saturated rings. The summed E-state index contributed by atoms with van der Waals surface area (Å²) >= 11 is 0. The normalized spacial score (nSPS) is 11.0. The van der Waals surface area contributed by atoms with Gasteiger partial charge in [0.25, 0.3) is 5.78 Å². The number of anilines is 1. The lowest BCUT2D eigenvalue weighted by Crippen LogP contribution is -2.07. The lowest BCUT2D eigenvalue weighted by atomic mass is 10.2. The van der Waals surface area contributed by atoms with E-state index in [1.807, 2.05) is 37.4 Å². The van der Waals surface area contributed by atoms with Crippen molar-refractivity contribution in [1.82, 2.24) is 29.5 Å². The van der Waals surface area contributed by atoms with E-state index in [0.29, 0.717) is 12.3 Å². The smallest absolute Gasteiger partial charge is 0.254 e. The predicted molar refractivity (Wildman–Crippen MR) is 86.9 cm³/mol. The van der Waals surface area contributed by atoms with Crippen LogP contribution in [-0.4, -0.2) is 29.5 Å². The number of aryl methyl sites for hydroxylation is 1. The van der Waals surface area contributed by atoms with Gasteiger partial charge in [-0.1, -0.05) is 30.3 Å². The molecule has 114 valence electrons. The Kier molecular flexibility index (Phi) is 3.23. The fourth-order valence-corrected chi connectivity index (χ4v) is 2.45. The first-order valence-electron chi connectivity index (χ1n) is 7.30. The van der Waals surface area contributed by atoms with Crippen LogP contribution < -0.4 is 5.32 Å². The number of H-pyrrole nitrogens is 1. The van der Waals surface area contributed by atoms with Crippen LogP contribution in [0.15, 0.2) is 48.9 Å². The van der Waals surface area contributed by atoms with Gasteiger partial charge in [-0.05, 0) is 12.5 Å². The van der Waals surface area contributed by atoms with Crippen molar-refractivity contribution in [2.24, 2.45) is 0 Å². The Morgan fingerprint density at radius 2 is 2.04 bits per heavy atom. The van der Waals surface area contributed by atoms with Crippen molar-refractivity contribution < 1.29 is 0 Å². The zero-order valence-electron chi connectivity index (χ0n) is 12.6. The minimum atomic E-state index is 0.561. The van der Waals surface area contributed by atoms with Crippen LogP contribution in [0.4, 0.5) is 5.82 Å². The summed E-state index contributed by atoms with van der Waals surface area (Å²) in [6.45, 7) is 2.49. The Bertz CT molecular complexity index is 939. The molecular weight excluding hydrogens is 290 g/mol. The number of rotatable bonds is 4. The molecule has 0 aliphatic rings. The third kappa shape index (κ3) is 2.64. The van der Waals surface area contributed by atoms with E-state index < -0.39 is 0 Å². The molecule has 3 heterocycles. The van der Waals surface area contributed by atoms with Crippen LogP contribution in [0, 0.1) is 6.92 Å². The maximum absolute atomic E-state index is 4.42. The van der Waals surface area contributed by atoms with Crippen LogP contribution in [0.3, 0.4) is 0 Å². The van der Waals surface area contributed by atoms with E-state index in [1.165, 1.54) is 6.33 Å². The van der Waals surface area contributed by atoms with Gasteiger partial charge in [-0.2, -0.15) is 14.6 Å². The van der Waals surface area contributed by atoms with Crippen molar-refractivity contribution in [2.75, 3.05) is 5.32 Å². The van der Waals surface area contributed by atoms with Crippen molar-refractivity contribution in [3.05, 3.63) is 60.4 Å². The van der Waals surface area contributed by atoms with Crippen LogP contribution >= 0.6 is 0 Å². The van der Waals surface area contributed by atoms with E-state index in [0.717, 1.165) is 28.6 Å². The first-order chi connectivity index (χ1) is 11.3. The number of benzene rings is 1. The molecule has 4 aromatic rings. The van der Waals surface area contributed by atoms with Crippen molar-refractivity contribution in [3.63, 3.8) is 0 Å². The van der Waals surface area contributed by atoms with Gasteiger partial charge in [0, 0.05) is 11.8 Å². The van der Waals surface area contributed by atoms with Gasteiger partial charge in [-0.3, -0.25) is 0 Å². The third-order valence-corrected chi connectivity index (χ3v) is 3.53. The van der Waals surface area contributed by atoms with Crippen LogP contribution in [0.5, 0.6) is 0 Å². The Morgan fingerprint density at radius 1 is 1.17 bits per heavy atom. The molecule has 0 amide bonds. The van der Waals surface area contributed by atoms with Crippen molar-refractivity contribution >= 4 is 11.6 Å². The summed E-state index contributed by atoms with van der Waals surface area (Å²) in [6, 6.07) is 12.1. The molecule has 0 saturated carbocycles. The lowest BCUT2D eigenvalue weighted by Gasteiger charge is -2.07. The second-order valence-corrected chi connectivity index (χ2v) is 5.22. The fourth-order valence-electron chi connectivity index (χ4n) is 2.45. The minimum Gasteiger partial charge on any atom is -0.363 e. The molecule has 0 spiro atoms. The largest absolute Gasteiger partial charge is 0.363 e. The molecule has 0 atom stereocenters. The number of imidazole rings is 1. The van der Waals surface area contributed by atoms with Gasteiger partial charge in [0.1, 0.15) is 18.0 Å². The Balaban J connectivity index is 1.55. The predicted octanol–water partition coefficient (Wildman–Crippen LogP) is 2.43. The molecule has 0 aliphatic heterocycles. The van der Waals surface area contributed by atoms with Gasteiger partial charge < -0.3 is 10.3 Å². The molecule has 7 heteroatoms. The highest BCUT2D eigenvalue weighted by molar-refractivity contribution is 5.58. The second kappa shape index (κ2) is 5.53. The summed E-state index contributed by atoms with van der Waals surface area (Å²) < 4.78 is 1.67. The monoisotopic (exact) mass is 305 g/mol. The number of nitrogens with one attached hydrogen (secondary N) is 2. The van der Waals surface area contributed by atoms with Gasteiger partial charge in [0.2, 0.25) is 0 Å². The number of nitrogens with zero attached hydrogens (tertiary/aromatic N) is 5. The van der Waals surface area contributed by atoms with E-state index >= 15 is 0 Å². The van der Waals surface area contributed by atoms with Gasteiger partial charge in [0.05, 0.1) is 18.4 Å². The zero-order valence-corrected chi connectivity index (χ0v) is 12.6. The number of aromatic amines is 1. The quantitative estimate of drug-likeness (QED) is 0.605. The Morgan fingerprint density at radius 3 is 2.91 bits per heavy atom. The first kappa shape index (κ1) is 13.4. The third-order valence-electron chi connectivity index (χ3n) is 3.53. The molecule has 0 saturated heterocycles.